The van der Waals surface area contributed by atoms with Crippen molar-refractivity contribution in [2.45, 2.75) is 63.9 Å². The summed E-state index contributed by atoms with van der Waals surface area (Å²) in [6.45, 7) is 9.32. The summed E-state index contributed by atoms with van der Waals surface area (Å²) in [7, 11) is 0. The molecule has 3 rings (SSSR count). The molecule has 1 aliphatic heterocycles. The summed E-state index contributed by atoms with van der Waals surface area (Å²) in [5, 5.41) is 11.8. The number of hydrogen-bond acceptors (Lipinski definition) is 8. The number of nitrogens with two attached hydrogens (primary N) is 1. The zero-order valence-corrected chi connectivity index (χ0v) is 21.9. The average molecular weight is 505 g/mol. The second kappa shape index (κ2) is 15.6. The second-order valence-electron chi connectivity index (χ2n) is 8.48. The van der Waals surface area contributed by atoms with Gasteiger partial charge in [0.2, 0.25) is 5.91 Å². The van der Waals surface area contributed by atoms with E-state index in [9.17, 15) is 9.59 Å². The van der Waals surface area contributed by atoms with E-state index < -0.39 is 5.92 Å². The Kier molecular flexibility index (Phi) is 12.8. The Morgan fingerprint density at radius 1 is 1.17 bits per heavy atom. The van der Waals surface area contributed by atoms with E-state index >= 15 is 0 Å². The van der Waals surface area contributed by atoms with Gasteiger partial charge in [0.25, 0.3) is 0 Å². The van der Waals surface area contributed by atoms with Crippen molar-refractivity contribution in [3.05, 3.63) is 47.0 Å². The van der Waals surface area contributed by atoms with E-state index in [1.165, 1.54) is 11.9 Å². The van der Waals surface area contributed by atoms with Crippen molar-refractivity contribution < 1.29 is 9.90 Å². The molecule has 0 spiro atoms. The van der Waals surface area contributed by atoms with E-state index in [4.69, 9.17) is 10.8 Å². The van der Waals surface area contributed by atoms with Crippen LogP contribution in [-0.2, 0) is 11.3 Å². The molecular weight excluding hydrogens is 464 g/mol. The van der Waals surface area contributed by atoms with Gasteiger partial charge >= 0.3 is 5.69 Å². The number of benzene rings is 1. The molecule has 35 heavy (non-hydrogen) atoms. The summed E-state index contributed by atoms with van der Waals surface area (Å²) in [4.78, 5) is 31.6. The van der Waals surface area contributed by atoms with Crippen molar-refractivity contribution >= 4 is 29.4 Å². The molecule has 1 atom stereocenters. The minimum absolute atomic E-state index is 0.191. The third kappa shape index (κ3) is 10.0. The highest BCUT2D eigenvalue weighted by Gasteiger charge is 2.15. The highest BCUT2D eigenvalue weighted by atomic mass is 32.2. The molecule has 1 unspecified atom stereocenters. The Labute approximate surface area is 212 Å². The highest BCUT2D eigenvalue weighted by molar-refractivity contribution is 8.00. The SMILES string of the molecule is CC.CC(CO)C(=O)Nc1ccc(SNc2ccn(CCCCN3CCC(N)CC3)c(=O)n2)cc1. The van der Waals surface area contributed by atoms with Crippen LogP contribution in [0, 0.1) is 5.92 Å². The lowest BCUT2D eigenvalue weighted by Crippen LogP contribution is -2.40. The number of rotatable bonds is 11. The van der Waals surface area contributed by atoms with Crippen LogP contribution in [0.25, 0.3) is 0 Å². The van der Waals surface area contributed by atoms with Crippen LogP contribution in [0.3, 0.4) is 0 Å². The van der Waals surface area contributed by atoms with Gasteiger partial charge in [-0.1, -0.05) is 20.8 Å². The molecule has 1 aromatic carbocycles. The van der Waals surface area contributed by atoms with Gasteiger partial charge in [-0.15, -0.1) is 0 Å². The molecule has 1 amide bonds. The van der Waals surface area contributed by atoms with Gasteiger partial charge in [0.15, 0.2) is 0 Å². The molecule has 0 aliphatic carbocycles. The van der Waals surface area contributed by atoms with E-state index in [1.54, 1.807) is 35.9 Å². The van der Waals surface area contributed by atoms with Crippen molar-refractivity contribution in [2.75, 3.05) is 36.3 Å². The van der Waals surface area contributed by atoms with Crippen molar-refractivity contribution in [1.82, 2.24) is 14.5 Å². The summed E-state index contributed by atoms with van der Waals surface area (Å²) in [5.41, 5.74) is 6.35. The number of likely N-dealkylation sites (tertiary alicyclic amines) is 1. The summed E-state index contributed by atoms with van der Waals surface area (Å²) in [6.07, 6.45) is 5.90. The molecular formula is C25H40N6O3S. The number of carbonyl (C=O) groups is 1. The summed E-state index contributed by atoms with van der Waals surface area (Å²) < 4.78 is 4.73. The van der Waals surface area contributed by atoms with Gasteiger partial charge < -0.3 is 25.8 Å². The number of nitrogens with zero attached hydrogens (tertiary/aromatic N) is 3. The molecule has 1 aliphatic rings. The van der Waals surface area contributed by atoms with Gasteiger partial charge in [-0.3, -0.25) is 9.36 Å². The van der Waals surface area contributed by atoms with E-state index in [0.717, 1.165) is 50.2 Å². The Bertz CT molecular complexity index is 945. The van der Waals surface area contributed by atoms with Gasteiger partial charge in [0.05, 0.1) is 12.5 Å². The predicted octanol–water partition coefficient (Wildman–Crippen LogP) is 3.16. The van der Waals surface area contributed by atoms with Crippen molar-refractivity contribution in [3.63, 3.8) is 0 Å². The Morgan fingerprint density at radius 3 is 2.46 bits per heavy atom. The number of aryl methyl sites for hydroxylation is 1. The topological polar surface area (TPSA) is 126 Å². The summed E-state index contributed by atoms with van der Waals surface area (Å²) >= 11 is 1.34. The number of hydrogen-bond donors (Lipinski definition) is 4. The third-order valence-corrected chi connectivity index (χ3v) is 6.57. The predicted molar refractivity (Wildman–Crippen MR) is 144 cm³/mol. The highest BCUT2D eigenvalue weighted by Crippen LogP contribution is 2.21. The molecule has 10 heteroatoms. The van der Waals surface area contributed by atoms with Crippen LogP contribution in [0.15, 0.2) is 46.2 Å². The lowest BCUT2D eigenvalue weighted by atomic mass is 10.1. The standard InChI is InChI=1S/C23H34N6O3S.C2H6/c1-17(16-30)22(31)25-19-4-6-20(7-5-19)33-27-21-10-15-29(23(32)26-21)12-3-2-11-28-13-8-18(24)9-14-28;1-2/h4-7,10,15,17-18,30H,2-3,8-9,11-14,16,24H2,1H3,(H,25,31)(H,26,27,32);1-2H3. The zero-order valence-electron chi connectivity index (χ0n) is 21.1. The van der Waals surface area contributed by atoms with Gasteiger partial charge in [-0.25, -0.2) is 4.79 Å². The normalized spacial score (nSPS) is 15.1. The Hall–Kier alpha value is -2.40. The van der Waals surface area contributed by atoms with E-state index in [1.807, 2.05) is 26.0 Å². The number of amides is 1. The van der Waals surface area contributed by atoms with Crippen molar-refractivity contribution in [3.8, 4) is 0 Å². The van der Waals surface area contributed by atoms with Crippen LogP contribution in [-0.4, -0.2) is 57.7 Å². The molecule has 9 nitrogen and oxygen atoms in total. The number of piperidine rings is 1. The van der Waals surface area contributed by atoms with Crippen LogP contribution < -0.4 is 21.5 Å². The molecule has 0 saturated carbocycles. The summed E-state index contributed by atoms with van der Waals surface area (Å²) in [6, 6.07) is 9.43. The number of aromatic nitrogens is 2. The molecule has 1 fully saturated rings. The van der Waals surface area contributed by atoms with Crippen LogP contribution in [0.1, 0.15) is 46.5 Å². The lowest BCUT2D eigenvalue weighted by molar-refractivity contribution is -0.120. The number of aliphatic hydroxyl groups is 1. The molecule has 1 saturated heterocycles. The molecule has 194 valence electrons. The fraction of sp³-hybridized carbons (Fsp3) is 0.560. The first-order valence-electron chi connectivity index (χ1n) is 12.4. The first-order valence-corrected chi connectivity index (χ1v) is 13.3. The van der Waals surface area contributed by atoms with E-state index in [-0.39, 0.29) is 18.2 Å². The van der Waals surface area contributed by atoms with Gasteiger partial charge in [0, 0.05) is 29.4 Å². The number of unbranched alkanes of at least 4 members (excludes halogenated alkanes) is 1. The molecule has 0 radical (unpaired) electrons. The zero-order chi connectivity index (χ0) is 25.6. The molecule has 0 bridgehead atoms. The van der Waals surface area contributed by atoms with Gasteiger partial charge in [-0.05, 0) is 87.6 Å². The molecule has 5 N–H and O–H groups in total. The lowest BCUT2D eigenvalue weighted by Gasteiger charge is -2.29. The van der Waals surface area contributed by atoms with Crippen LogP contribution in [0.5, 0.6) is 0 Å². The van der Waals surface area contributed by atoms with Crippen LogP contribution in [0.4, 0.5) is 11.5 Å². The summed E-state index contributed by atoms with van der Waals surface area (Å²) in [5.74, 6) is -0.180. The second-order valence-corrected chi connectivity index (χ2v) is 9.36. The largest absolute Gasteiger partial charge is 0.396 e. The monoisotopic (exact) mass is 504 g/mol. The maximum Gasteiger partial charge on any atom is 0.349 e. The number of aliphatic hydroxyl groups excluding tert-OH is 1. The molecule has 2 heterocycles. The first kappa shape index (κ1) is 28.8. The number of anilines is 2. The fourth-order valence-electron chi connectivity index (χ4n) is 3.52. The average Bonchev–Trinajstić information content (AvgIpc) is 2.88. The smallest absolute Gasteiger partial charge is 0.349 e. The quantitative estimate of drug-likeness (QED) is 0.272. The Balaban J connectivity index is 0.00000210. The maximum absolute atomic E-state index is 12.3. The number of carbonyl (C=O) groups excluding carboxylic acids is 1. The van der Waals surface area contributed by atoms with Crippen LogP contribution in [0.2, 0.25) is 0 Å². The maximum atomic E-state index is 12.3. The van der Waals surface area contributed by atoms with Gasteiger partial charge in [-0.2, -0.15) is 4.98 Å². The van der Waals surface area contributed by atoms with Crippen molar-refractivity contribution in [2.24, 2.45) is 11.7 Å². The first-order chi connectivity index (χ1) is 16.9. The minimum Gasteiger partial charge on any atom is -0.396 e. The Morgan fingerprint density at radius 2 is 1.83 bits per heavy atom. The third-order valence-electron chi connectivity index (χ3n) is 5.75. The number of nitrogens with one attached hydrogen (secondary N) is 2. The van der Waals surface area contributed by atoms with Crippen LogP contribution >= 0.6 is 11.9 Å². The van der Waals surface area contributed by atoms with E-state index in [2.05, 4.69) is 19.9 Å². The van der Waals surface area contributed by atoms with Crippen molar-refractivity contribution in [1.29, 1.82) is 0 Å². The molecule has 2 aromatic rings. The van der Waals surface area contributed by atoms with Gasteiger partial charge in [0.1, 0.15) is 5.82 Å². The molecule has 1 aromatic heterocycles. The van der Waals surface area contributed by atoms with E-state index in [0.29, 0.717) is 24.1 Å². The fourth-order valence-corrected chi connectivity index (χ4v) is 4.12. The minimum atomic E-state index is -0.456.